The van der Waals surface area contributed by atoms with Crippen LogP contribution in [-0.4, -0.2) is 21.2 Å². The number of rotatable bonds is 5. The maximum atomic E-state index is 5.30. The summed E-state index contributed by atoms with van der Waals surface area (Å²) in [6.45, 7) is 4.84. The number of benzene rings is 1. The molecule has 0 saturated carbocycles. The van der Waals surface area contributed by atoms with Crippen molar-refractivity contribution in [1.82, 2.24) is 20.4 Å². The van der Waals surface area contributed by atoms with Crippen LogP contribution in [0.15, 0.2) is 41.1 Å². The smallest absolute Gasteiger partial charge is 0.240 e. The summed E-state index contributed by atoms with van der Waals surface area (Å²) in [5.41, 5.74) is 0.756. The van der Waals surface area contributed by atoms with Crippen LogP contribution in [0.5, 0.6) is 0 Å². The molecule has 21 heavy (non-hydrogen) atoms. The van der Waals surface area contributed by atoms with Crippen LogP contribution in [0, 0.1) is 0 Å². The number of fused-ring (bicyclic) bond motifs is 1. The molecule has 1 unspecified atom stereocenters. The van der Waals surface area contributed by atoms with Crippen LogP contribution < -0.4 is 5.32 Å². The van der Waals surface area contributed by atoms with Gasteiger partial charge in [0.25, 0.3) is 0 Å². The molecule has 1 atom stereocenters. The first-order valence-corrected chi connectivity index (χ1v) is 7.18. The first-order chi connectivity index (χ1) is 10.3. The standard InChI is InChI=1S/C16H18N4O/c1-3-11(2)18-10-14-19-16(20-21-14)15-13-7-5-4-6-12(13)8-9-17-15/h4-9,11,18H,3,10H2,1-2H3. The van der Waals surface area contributed by atoms with Crippen LogP contribution in [0.4, 0.5) is 0 Å². The van der Waals surface area contributed by atoms with Gasteiger partial charge in [-0.2, -0.15) is 4.98 Å². The first kappa shape index (κ1) is 13.7. The van der Waals surface area contributed by atoms with E-state index in [2.05, 4.69) is 34.3 Å². The Balaban J connectivity index is 1.88. The molecule has 0 saturated heterocycles. The number of pyridine rings is 1. The molecule has 0 aliphatic heterocycles. The van der Waals surface area contributed by atoms with E-state index in [1.165, 1.54) is 0 Å². The molecule has 3 aromatic rings. The van der Waals surface area contributed by atoms with Crippen molar-refractivity contribution in [2.24, 2.45) is 0 Å². The van der Waals surface area contributed by atoms with E-state index in [0.717, 1.165) is 22.9 Å². The minimum Gasteiger partial charge on any atom is -0.337 e. The van der Waals surface area contributed by atoms with E-state index in [1.54, 1.807) is 6.20 Å². The number of hydrogen-bond donors (Lipinski definition) is 1. The first-order valence-electron chi connectivity index (χ1n) is 7.18. The summed E-state index contributed by atoms with van der Waals surface area (Å²) in [4.78, 5) is 8.83. The molecule has 0 radical (unpaired) electrons. The molecule has 0 spiro atoms. The highest BCUT2D eigenvalue weighted by atomic mass is 16.5. The van der Waals surface area contributed by atoms with Crippen molar-refractivity contribution in [1.29, 1.82) is 0 Å². The zero-order valence-corrected chi connectivity index (χ0v) is 12.2. The Labute approximate surface area is 123 Å². The number of nitrogens with zero attached hydrogens (tertiary/aromatic N) is 3. The summed E-state index contributed by atoms with van der Waals surface area (Å²) >= 11 is 0. The van der Waals surface area contributed by atoms with Gasteiger partial charge in [-0.25, -0.2) is 0 Å². The molecular formula is C16H18N4O. The van der Waals surface area contributed by atoms with Crippen LogP contribution in [0.2, 0.25) is 0 Å². The molecule has 108 valence electrons. The van der Waals surface area contributed by atoms with Crippen molar-refractivity contribution in [2.45, 2.75) is 32.9 Å². The molecule has 0 bridgehead atoms. The predicted octanol–water partition coefficient (Wildman–Crippen LogP) is 3.17. The third-order valence-corrected chi connectivity index (χ3v) is 3.57. The van der Waals surface area contributed by atoms with Gasteiger partial charge in [0.15, 0.2) is 0 Å². The van der Waals surface area contributed by atoms with Crippen LogP contribution in [-0.2, 0) is 6.54 Å². The van der Waals surface area contributed by atoms with Crippen molar-refractivity contribution in [3.8, 4) is 11.5 Å². The van der Waals surface area contributed by atoms with Gasteiger partial charge in [-0.05, 0) is 24.8 Å². The number of nitrogens with one attached hydrogen (secondary N) is 1. The highest BCUT2D eigenvalue weighted by Gasteiger charge is 2.13. The van der Waals surface area contributed by atoms with Crippen molar-refractivity contribution in [3.63, 3.8) is 0 Å². The number of hydrogen-bond acceptors (Lipinski definition) is 5. The molecule has 0 fully saturated rings. The fourth-order valence-corrected chi connectivity index (χ4v) is 2.13. The van der Waals surface area contributed by atoms with E-state index < -0.39 is 0 Å². The Hall–Kier alpha value is -2.27. The Morgan fingerprint density at radius 3 is 2.95 bits per heavy atom. The van der Waals surface area contributed by atoms with Crippen molar-refractivity contribution < 1.29 is 4.52 Å². The Morgan fingerprint density at radius 2 is 2.10 bits per heavy atom. The lowest BCUT2D eigenvalue weighted by Gasteiger charge is -2.07. The zero-order chi connectivity index (χ0) is 14.7. The van der Waals surface area contributed by atoms with Gasteiger partial charge in [-0.1, -0.05) is 36.3 Å². The molecule has 0 amide bonds. The second kappa shape index (κ2) is 6.01. The lowest BCUT2D eigenvalue weighted by molar-refractivity contribution is 0.358. The highest BCUT2D eigenvalue weighted by Crippen LogP contribution is 2.23. The van der Waals surface area contributed by atoms with Gasteiger partial charge in [0, 0.05) is 17.6 Å². The summed E-state index contributed by atoms with van der Waals surface area (Å²) in [6, 6.07) is 10.5. The van der Waals surface area contributed by atoms with Crippen molar-refractivity contribution in [3.05, 3.63) is 42.4 Å². The topological polar surface area (TPSA) is 63.8 Å². The lowest BCUT2D eigenvalue weighted by Crippen LogP contribution is -2.24. The summed E-state index contributed by atoms with van der Waals surface area (Å²) in [7, 11) is 0. The van der Waals surface area contributed by atoms with E-state index in [-0.39, 0.29) is 0 Å². The van der Waals surface area contributed by atoms with E-state index in [1.807, 2.05) is 30.3 Å². The minimum atomic E-state index is 0.427. The molecule has 5 heteroatoms. The SMILES string of the molecule is CCC(C)NCc1nc(-c2nccc3ccccc23)no1. The molecule has 0 aliphatic carbocycles. The van der Waals surface area contributed by atoms with E-state index in [4.69, 9.17) is 4.52 Å². The third kappa shape index (κ3) is 2.92. The molecule has 1 aromatic carbocycles. The van der Waals surface area contributed by atoms with Gasteiger partial charge < -0.3 is 9.84 Å². The molecular weight excluding hydrogens is 264 g/mol. The van der Waals surface area contributed by atoms with Crippen molar-refractivity contribution >= 4 is 10.8 Å². The summed E-state index contributed by atoms with van der Waals surface area (Å²) in [6.07, 6.45) is 2.83. The second-order valence-electron chi connectivity index (χ2n) is 5.08. The second-order valence-corrected chi connectivity index (χ2v) is 5.08. The number of aromatic nitrogens is 3. The molecule has 1 N–H and O–H groups in total. The van der Waals surface area contributed by atoms with E-state index >= 15 is 0 Å². The van der Waals surface area contributed by atoms with Gasteiger partial charge in [0.05, 0.1) is 6.54 Å². The summed E-state index contributed by atoms with van der Waals surface area (Å²) < 4.78 is 5.30. The minimum absolute atomic E-state index is 0.427. The van der Waals surface area contributed by atoms with Gasteiger partial charge in [-0.3, -0.25) is 4.98 Å². The Morgan fingerprint density at radius 1 is 1.24 bits per heavy atom. The van der Waals surface area contributed by atoms with Gasteiger partial charge in [0.1, 0.15) is 5.69 Å². The molecule has 2 aromatic heterocycles. The monoisotopic (exact) mass is 282 g/mol. The molecule has 2 heterocycles. The highest BCUT2D eigenvalue weighted by molar-refractivity contribution is 5.92. The lowest BCUT2D eigenvalue weighted by atomic mass is 10.1. The normalized spacial score (nSPS) is 12.7. The maximum Gasteiger partial charge on any atom is 0.240 e. The average molecular weight is 282 g/mol. The summed E-state index contributed by atoms with van der Waals surface area (Å²) in [5, 5.41) is 9.53. The Bertz CT molecular complexity index is 732. The van der Waals surface area contributed by atoms with Crippen molar-refractivity contribution in [2.75, 3.05) is 0 Å². The van der Waals surface area contributed by atoms with Crippen LogP contribution in [0.1, 0.15) is 26.2 Å². The maximum absolute atomic E-state index is 5.30. The van der Waals surface area contributed by atoms with Crippen LogP contribution >= 0.6 is 0 Å². The third-order valence-electron chi connectivity index (χ3n) is 3.57. The fraction of sp³-hybridized carbons (Fsp3) is 0.312. The van der Waals surface area contributed by atoms with Gasteiger partial charge in [0.2, 0.25) is 11.7 Å². The Kier molecular flexibility index (Phi) is 3.92. The average Bonchev–Trinajstić information content (AvgIpc) is 3.00. The van der Waals surface area contributed by atoms with E-state index in [9.17, 15) is 0 Å². The molecule has 0 aliphatic rings. The molecule has 3 rings (SSSR count). The fourth-order valence-electron chi connectivity index (χ4n) is 2.13. The molecule has 5 nitrogen and oxygen atoms in total. The summed E-state index contributed by atoms with van der Waals surface area (Å²) in [5.74, 6) is 1.12. The zero-order valence-electron chi connectivity index (χ0n) is 12.2. The largest absolute Gasteiger partial charge is 0.337 e. The van der Waals surface area contributed by atoms with Gasteiger partial charge in [-0.15, -0.1) is 0 Å². The predicted molar refractivity (Wildman–Crippen MR) is 81.6 cm³/mol. The quantitative estimate of drug-likeness (QED) is 0.778. The van der Waals surface area contributed by atoms with Gasteiger partial charge >= 0.3 is 0 Å². The van der Waals surface area contributed by atoms with Crippen LogP contribution in [0.25, 0.3) is 22.3 Å². The van der Waals surface area contributed by atoms with E-state index in [0.29, 0.717) is 24.3 Å². The van der Waals surface area contributed by atoms with Crippen LogP contribution in [0.3, 0.4) is 0 Å².